The van der Waals surface area contributed by atoms with Gasteiger partial charge in [-0.2, -0.15) is 0 Å². The van der Waals surface area contributed by atoms with Crippen LogP contribution >= 0.6 is 0 Å². The van der Waals surface area contributed by atoms with Gasteiger partial charge in [0.05, 0.1) is 17.8 Å². The number of hydrogen-bond acceptors (Lipinski definition) is 4. The summed E-state index contributed by atoms with van der Waals surface area (Å²) >= 11 is 0. The van der Waals surface area contributed by atoms with Crippen LogP contribution in [-0.2, 0) is 9.47 Å². The van der Waals surface area contributed by atoms with Crippen molar-refractivity contribution < 1.29 is 19.4 Å². The van der Waals surface area contributed by atoms with E-state index in [2.05, 4.69) is 32.3 Å². The van der Waals surface area contributed by atoms with Gasteiger partial charge in [0, 0.05) is 11.6 Å². The van der Waals surface area contributed by atoms with Gasteiger partial charge in [-0.05, 0) is 74.5 Å². The van der Waals surface area contributed by atoms with E-state index in [0.29, 0.717) is 36.8 Å². The number of hydrogen-bond donors (Lipinski definition) is 2. The molecular formula is C27H37NO4. The third kappa shape index (κ3) is 4.51. The fraction of sp³-hybridized carbons (Fsp3) is 0.593. The Morgan fingerprint density at radius 1 is 1.22 bits per heavy atom. The van der Waals surface area contributed by atoms with Crippen molar-refractivity contribution in [2.45, 2.75) is 76.8 Å². The molecule has 1 aliphatic carbocycles. The molecule has 174 valence electrons. The van der Waals surface area contributed by atoms with Crippen LogP contribution in [0.5, 0.6) is 0 Å². The molecule has 2 saturated heterocycles. The Bertz CT molecular complexity index is 862. The normalized spacial score (nSPS) is 37.3. The number of carbonyl (C=O) groups excluding carboxylic acids is 1. The molecule has 3 aliphatic rings. The molecule has 1 aromatic rings. The van der Waals surface area contributed by atoms with Crippen molar-refractivity contribution in [1.29, 1.82) is 0 Å². The molecule has 0 spiro atoms. The molecule has 2 bridgehead atoms. The van der Waals surface area contributed by atoms with E-state index in [0.717, 1.165) is 18.4 Å². The quantitative estimate of drug-likeness (QED) is 0.592. The molecule has 2 aliphatic heterocycles. The summed E-state index contributed by atoms with van der Waals surface area (Å²) in [6.07, 6.45) is 2.42. The monoisotopic (exact) mass is 439 g/mol. The van der Waals surface area contributed by atoms with Crippen molar-refractivity contribution in [2.75, 3.05) is 5.32 Å². The van der Waals surface area contributed by atoms with Crippen molar-refractivity contribution in [3.8, 4) is 0 Å². The summed E-state index contributed by atoms with van der Waals surface area (Å²) in [5.41, 5.74) is 1.74. The van der Waals surface area contributed by atoms with Gasteiger partial charge in [-0.3, -0.25) is 5.32 Å². The van der Waals surface area contributed by atoms with E-state index in [4.69, 9.17) is 9.47 Å². The molecule has 0 radical (unpaired) electrons. The molecule has 1 saturated carbocycles. The van der Waals surface area contributed by atoms with Gasteiger partial charge >= 0.3 is 6.09 Å². The molecule has 5 heteroatoms. The smallest absolute Gasteiger partial charge is 0.412 e. The molecule has 2 heterocycles. The predicted molar refractivity (Wildman–Crippen MR) is 126 cm³/mol. The van der Waals surface area contributed by atoms with Gasteiger partial charge in [-0.15, -0.1) is 0 Å². The fourth-order valence-corrected chi connectivity index (χ4v) is 6.15. The Hall–Kier alpha value is -2.11. The first kappa shape index (κ1) is 23.1. The first-order chi connectivity index (χ1) is 15.2. The molecule has 2 N–H and O–H groups in total. The summed E-state index contributed by atoms with van der Waals surface area (Å²) in [4.78, 5) is 12.5. The lowest BCUT2D eigenvalue weighted by atomic mass is 9.61. The lowest BCUT2D eigenvalue weighted by molar-refractivity contribution is -0.117. The number of nitrogens with one attached hydrogen (secondary N) is 1. The Balaban J connectivity index is 1.54. The van der Waals surface area contributed by atoms with Crippen LogP contribution in [0.1, 0.15) is 52.9 Å². The van der Waals surface area contributed by atoms with Crippen LogP contribution in [0.4, 0.5) is 10.5 Å². The average molecular weight is 440 g/mol. The highest BCUT2D eigenvalue weighted by molar-refractivity contribution is 5.84. The van der Waals surface area contributed by atoms with Crippen LogP contribution in [0.2, 0.25) is 0 Å². The van der Waals surface area contributed by atoms with Gasteiger partial charge in [0.1, 0.15) is 6.10 Å². The highest BCUT2D eigenvalue weighted by atomic mass is 16.6. The minimum Gasteiger partial charge on any atom is -0.441 e. The van der Waals surface area contributed by atoms with Gasteiger partial charge in [0.15, 0.2) is 0 Å². The number of para-hydroxylation sites is 1. The largest absolute Gasteiger partial charge is 0.441 e. The Morgan fingerprint density at radius 3 is 2.62 bits per heavy atom. The lowest BCUT2D eigenvalue weighted by Gasteiger charge is -2.44. The number of aliphatic hydroxyl groups is 1. The van der Waals surface area contributed by atoms with E-state index in [1.165, 1.54) is 5.57 Å². The zero-order valence-corrected chi connectivity index (χ0v) is 19.5. The van der Waals surface area contributed by atoms with Gasteiger partial charge in [-0.25, -0.2) is 4.79 Å². The molecule has 0 unspecified atom stereocenters. The summed E-state index contributed by atoms with van der Waals surface area (Å²) in [5, 5.41) is 14.3. The lowest BCUT2D eigenvalue weighted by Crippen LogP contribution is -2.48. The Morgan fingerprint density at radius 2 is 1.94 bits per heavy atom. The second-order valence-electron chi connectivity index (χ2n) is 10.4. The van der Waals surface area contributed by atoms with Crippen LogP contribution in [0.25, 0.3) is 0 Å². The number of carbonyl (C=O) groups is 1. The average Bonchev–Trinajstić information content (AvgIpc) is 3.13. The van der Waals surface area contributed by atoms with Crippen LogP contribution in [0, 0.1) is 23.7 Å². The number of anilines is 1. The van der Waals surface area contributed by atoms with Crippen molar-refractivity contribution in [2.24, 2.45) is 23.7 Å². The number of amides is 1. The SMILES string of the molecule is C=C1CC[C@H](C(C)C)[C@@H]2[C@H]1[C@H]1CC(=C)[C@@H](OC(=O)Nc3ccccc3)CC[C@@](C)(O)[C@@H]2O1. The zero-order chi connectivity index (χ0) is 23.0. The summed E-state index contributed by atoms with van der Waals surface area (Å²) in [7, 11) is 0. The maximum Gasteiger partial charge on any atom is 0.412 e. The molecule has 7 atom stereocenters. The maximum absolute atomic E-state index is 12.5. The van der Waals surface area contributed by atoms with Crippen molar-refractivity contribution in [3.05, 3.63) is 54.6 Å². The van der Waals surface area contributed by atoms with E-state index in [9.17, 15) is 9.90 Å². The Labute approximate surface area is 191 Å². The molecule has 1 amide bonds. The Kier molecular flexibility index (Phi) is 6.51. The zero-order valence-electron chi connectivity index (χ0n) is 19.5. The molecule has 5 nitrogen and oxygen atoms in total. The molecule has 1 aromatic carbocycles. The van der Waals surface area contributed by atoms with Gasteiger partial charge in [0.2, 0.25) is 0 Å². The number of rotatable bonds is 3. The first-order valence-corrected chi connectivity index (χ1v) is 11.9. The van der Waals surface area contributed by atoms with Crippen molar-refractivity contribution in [1.82, 2.24) is 0 Å². The first-order valence-electron chi connectivity index (χ1n) is 11.9. The minimum atomic E-state index is -1.01. The standard InChI is InChI=1S/C27H37NO4/c1-16(2)20-12-11-17(3)23-22-15-18(4)21(13-14-27(5,30)25(31-22)24(20)23)32-26(29)28-19-9-7-6-8-10-19/h6-10,16,20-25,30H,3-4,11-15H2,1-2,5H3,(H,28,29)/t20-,21+,22-,23-,24-,25-,27-/m1/s1. The third-order valence-corrected chi connectivity index (χ3v) is 7.82. The van der Waals surface area contributed by atoms with E-state index in [1.807, 2.05) is 37.3 Å². The van der Waals surface area contributed by atoms with Gasteiger partial charge < -0.3 is 14.6 Å². The summed E-state index contributed by atoms with van der Waals surface area (Å²) in [5.74, 6) is 1.51. The summed E-state index contributed by atoms with van der Waals surface area (Å²) in [6.45, 7) is 15.1. The van der Waals surface area contributed by atoms with Crippen LogP contribution in [0.15, 0.2) is 54.6 Å². The van der Waals surface area contributed by atoms with E-state index in [-0.39, 0.29) is 24.0 Å². The van der Waals surface area contributed by atoms with E-state index in [1.54, 1.807) is 0 Å². The van der Waals surface area contributed by atoms with Crippen LogP contribution in [0.3, 0.4) is 0 Å². The third-order valence-electron chi connectivity index (χ3n) is 7.82. The topological polar surface area (TPSA) is 67.8 Å². The predicted octanol–water partition coefficient (Wildman–Crippen LogP) is 5.72. The summed E-state index contributed by atoms with van der Waals surface area (Å²) in [6, 6.07) is 9.24. The molecule has 0 aromatic heterocycles. The fourth-order valence-electron chi connectivity index (χ4n) is 6.15. The second-order valence-corrected chi connectivity index (χ2v) is 10.4. The van der Waals surface area contributed by atoms with Crippen LogP contribution in [-0.4, -0.2) is 35.1 Å². The van der Waals surface area contributed by atoms with E-state index < -0.39 is 17.8 Å². The number of fused-ring (bicyclic) bond motifs is 5. The van der Waals surface area contributed by atoms with Crippen molar-refractivity contribution in [3.63, 3.8) is 0 Å². The molecular weight excluding hydrogens is 402 g/mol. The van der Waals surface area contributed by atoms with Gasteiger partial charge in [-0.1, -0.05) is 50.8 Å². The summed E-state index contributed by atoms with van der Waals surface area (Å²) < 4.78 is 12.4. The highest BCUT2D eigenvalue weighted by Crippen LogP contribution is 2.54. The molecule has 32 heavy (non-hydrogen) atoms. The second kappa shape index (κ2) is 9.03. The maximum atomic E-state index is 12.5. The van der Waals surface area contributed by atoms with E-state index >= 15 is 0 Å². The molecule has 4 rings (SSSR count). The van der Waals surface area contributed by atoms with Crippen molar-refractivity contribution >= 4 is 11.8 Å². The highest BCUT2D eigenvalue weighted by Gasteiger charge is 2.57. The number of ether oxygens (including phenoxy) is 2. The van der Waals surface area contributed by atoms with Gasteiger partial charge in [0.25, 0.3) is 0 Å². The minimum absolute atomic E-state index is 0.0839. The van der Waals surface area contributed by atoms with Crippen LogP contribution < -0.4 is 5.32 Å². The number of benzene rings is 1. The molecule has 3 fully saturated rings.